The molecule has 1 amide bonds. The van der Waals surface area contributed by atoms with Gasteiger partial charge in [0.05, 0.1) is 11.8 Å². The Morgan fingerprint density at radius 3 is 2.72 bits per heavy atom. The maximum atomic E-state index is 12.7. The predicted octanol–water partition coefficient (Wildman–Crippen LogP) is 3.43. The molecule has 1 aromatic carbocycles. The van der Waals surface area contributed by atoms with Gasteiger partial charge in [0.2, 0.25) is 11.1 Å². The van der Waals surface area contributed by atoms with Crippen LogP contribution >= 0.6 is 11.8 Å². The molecule has 2 aromatic heterocycles. The van der Waals surface area contributed by atoms with E-state index < -0.39 is 0 Å². The van der Waals surface area contributed by atoms with Crippen molar-refractivity contribution in [2.75, 3.05) is 18.8 Å². The number of amides is 1. The Morgan fingerprint density at radius 1 is 1.14 bits per heavy atom. The molecule has 2 aliphatic rings. The minimum Gasteiger partial charge on any atom is -0.440 e. The fourth-order valence-corrected chi connectivity index (χ4v) is 5.16. The number of likely N-dealkylation sites (tertiary alicyclic amines) is 1. The molecular weight excluding hydrogens is 388 g/mol. The highest BCUT2D eigenvalue weighted by Crippen LogP contribution is 2.32. The van der Waals surface area contributed by atoms with Crippen LogP contribution < -0.4 is 0 Å². The number of carbonyl (C=O) groups excluding carboxylic acids is 1. The summed E-state index contributed by atoms with van der Waals surface area (Å²) < 4.78 is 7.83. The van der Waals surface area contributed by atoms with Gasteiger partial charge in [0.1, 0.15) is 5.52 Å². The van der Waals surface area contributed by atoms with Crippen molar-refractivity contribution >= 4 is 28.8 Å². The zero-order valence-corrected chi connectivity index (χ0v) is 17.1. The maximum absolute atomic E-state index is 12.7. The lowest BCUT2D eigenvalue weighted by Gasteiger charge is -2.30. The Hall–Kier alpha value is -2.42. The summed E-state index contributed by atoms with van der Waals surface area (Å²) >= 11 is 1.45. The first-order valence-corrected chi connectivity index (χ1v) is 11.3. The van der Waals surface area contributed by atoms with Crippen molar-refractivity contribution in [1.29, 1.82) is 0 Å². The van der Waals surface area contributed by atoms with Gasteiger partial charge in [-0.25, -0.2) is 9.67 Å². The van der Waals surface area contributed by atoms with Crippen LogP contribution in [0.4, 0.5) is 0 Å². The molecule has 0 radical (unpaired) electrons. The second kappa shape index (κ2) is 8.14. The number of oxazole rings is 1. The van der Waals surface area contributed by atoms with E-state index in [1.165, 1.54) is 24.6 Å². The van der Waals surface area contributed by atoms with Crippen LogP contribution in [0, 0.1) is 0 Å². The van der Waals surface area contributed by atoms with E-state index in [9.17, 15) is 4.79 Å². The number of hydrogen-bond donors (Lipinski definition) is 0. The van der Waals surface area contributed by atoms with E-state index in [1.54, 1.807) is 0 Å². The van der Waals surface area contributed by atoms with E-state index in [1.807, 2.05) is 33.8 Å². The van der Waals surface area contributed by atoms with E-state index in [0.29, 0.717) is 11.8 Å². The third-order valence-corrected chi connectivity index (χ3v) is 6.88. The average molecular weight is 413 g/mol. The number of rotatable bonds is 5. The molecule has 0 bridgehead atoms. The van der Waals surface area contributed by atoms with Gasteiger partial charge in [-0.3, -0.25) is 4.79 Å². The van der Waals surface area contributed by atoms with Crippen molar-refractivity contribution in [3.63, 3.8) is 0 Å². The van der Waals surface area contributed by atoms with E-state index >= 15 is 0 Å². The highest BCUT2D eigenvalue weighted by molar-refractivity contribution is 7.99. The molecule has 2 fully saturated rings. The van der Waals surface area contributed by atoms with E-state index in [0.717, 1.165) is 60.9 Å². The monoisotopic (exact) mass is 412 g/mol. The lowest BCUT2D eigenvalue weighted by atomic mass is 9.97. The summed E-state index contributed by atoms with van der Waals surface area (Å²) in [7, 11) is 0. The van der Waals surface area contributed by atoms with Gasteiger partial charge in [0, 0.05) is 19.0 Å². The number of benzene rings is 1. The number of fused-ring (bicyclic) bond motifs is 1. The van der Waals surface area contributed by atoms with Gasteiger partial charge in [0.15, 0.2) is 11.5 Å². The van der Waals surface area contributed by atoms with Crippen LogP contribution in [0.3, 0.4) is 0 Å². The van der Waals surface area contributed by atoms with Gasteiger partial charge >= 0.3 is 0 Å². The molecule has 8 nitrogen and oxygen atoms in total. The fourth-order valence-electron chi connectivity index (χ4n) is 4.32. The second-order valence-electron chi connectivity index (χ2n) is 7.81. The minimum atomic E-state index is 0.145. The zero-order valence-electron chi connectivity index (χ0n) is 16.2. The standard InChI is InChI=1S/C20H24N6O2S/c27-18(13-29-20-22-23-24-26(20)15-5-1-2-6-15)25-11-9-14(10-12-25)19-21-16-7-3-4-8-17(16)28-19/h3-4,7-8,14-15H,1-2,5-6,9-13H2. The molecule has 0 spiro atoms. The topological polar surface area (TPSA) is 89.9 Å². The molecule has 0 unspecified atom stereocenters. The highest BCUT2D eigenvalue weighted by Gasteiger charge is 2.28. The SMILES string of the molecule is O=C(CSc1nnnn1C1CCCC1)N1CCC(c2nc3ccccc3o2)CC1. The number of nitrogens with zero attached hydrogens (tertiary/aromatic N) is 6. The van der Waals surface area contributed by atoms with Crippen molar-refractivity contribution in [1.82, 2.24) is 30.1 Å². The minimum absolute atomic E-state index is 0.145. The first kappa shape index (κ1) is 18.6. The molecular formula is C20H24N6O2S. The van der Waals surface area contributed by atoms with Crippen LogP contribution in [-0.4, -0.2) is 54.8 Å². The van der Waals surface area contributed by atoms with Crippen molar-refractivity contribution in [2.45, 2.75) is 55.6 Å². The largest absolute Gasteiger partial charge is 0.440 e. The molecule has 152 valence electrons. The molecule has 1 saturated carbocycles. The van der Waals surface area contributed by atoms with Crippen LogP contribution in [0.1, 0.15) is 56.4 Å². The maximum Gasteiger partial charge on any atom is 0.233 e. The summed E-state index contributed by atoms with van der Waals surface area (Å²) in [6.07, 6.45) is 6.45. The quantitative estimate of drug-likeness (QED) is 0.593. The Labute approximate surface area is 173 Å². The molecule has 29 heavy (non-hydrogen) atoms. The first-order chi connectivity index (χ1) is 14.3. The van der Waals surface area contributed by atoms with Crippen LogP contribution in [0.15, 0.2) is 33.8 Å². The lowest BCUT2D eigenvalue weighted by molar-refractivity contribution is -0.129. The fraction of sp³-hybridized carbons (Fsp3) is 0.550. The first-order valence-electron chi connectivity index (χ1n) is 10.3. The lowest BCUT2D eigenvalue weighted by Crippen LogP contribution is -2.39. The normalized spacial score (nSPS) is 18.7. The zero-order chi connectivity index (χ0) is 19.6. The molecule has 1 saturated heterocycles. The molecule has 9 heteroatoms. The molecule has 5 rings (SSSR count). The van der Waals surface area contributed by atoms with Crippen molar-refractivity contribution in [3.05, 3.63) is 30.2 Å². The molecule has 3 heterocycles. The summed E-state index contributed by atoms with van der Waals surface area (Å²) in [6.45, 7) is 1.46. The number of para-hydroxylation sites is 2. The second-order valence-corrected chi connectivity index (χ2v) is 8.75. The van der Waals surface area contributed by atoms with Gasteiger partial charge < -0.3 is 9.32 Å². The Morgan fingerprint density at radius 2 is 1.93 bits per heavy atom. The summed E-state index contributed by atoms with van der Waals surface area (Å²) in [5, 5.41) is 12.8. The highest BCUT2D eigenvalue weighted by atomic mass is 32.2. The van der Waals surface area contributed by atoms with E-state index in [-0.39, 0.29) is 11.8 Å². The number of carbonyl (C=O) groups is 1. The van der Waals surface area contributed by atoms with Crippen LogP contribution in [-0.2, 0) is 4.79 Å². The molecule has 1 aliphatic heterocycles. The summed E-state index contributed by atoms with van der Waals surface area (Å²) in [6, 6.07) is 8.23. The Balaban J connectivity index is 1.15. The molecule has 0 atom stereocenters. The van der Waals surface area contributed by atoms with Gasteiger partial charge in [-0.15, -0.1) is 5.10 Å². The average Bonchev–Trinajstić information content (AvgIpc) is 3.52. The third kappa shape index (κ3) is 3.88. The number of tetrazole rings is 1. The van der Waals surface area contributed by atoms with E-state index in [2.05, 4.69) is 20.5 Å². The van der Waals surface area contributed by atoms with Gasteiger partial charge in [-0.05, 0) is 48.2 Å². The summed E-state index contributed by atoms with van der Waals surface area (Å²) in [4.78, 5) is 19.3. The number of hydrogen-bond acceptors (Lipinski definition) is 7. The molecule has 0 N–H and O–H groups in total. The predicted molar refractivity (Wildman–Crippen MR) is 109 cm³/mol. The Kier molecular flexibility index (Phi) is 5.22. The van der Waals surface area contributed by atoms with Crippen molar-refractivity contribution < 1.29 is 9.21 Å². The third-order valence-electron chi connectivity index (χ3n) is 5.97. The van der Waals surface area contributed by atoms with E-state index in [4.69, 9.17) is 4.42 Å². The van der Waals surface area contributed by atoms with Crippen molar-refractivity contribution in [2.24, 2.45) is 0 Å². The van der Waals surface area contributed by atoms with Crippen molar-refractivity contribution in [3.8, 4) is 0 Å². The van der Waals surface area contributed by atoms with Crippen LogP contribution in [0.25, 0.3) is 11.1 Å². The smallest absolute Gasteiger partial charge is 0.233 e. The number of thioether (sulfide) groups is 1. The van der Waals surface area contributed by atoms with Crippen LogP contribution in [0.2, 0.25) is 0 Å². The molecule has 1 aliphatic carbocycles. The molecule has 3 aromatic rings. The summed E-state index contributed by atoms with van der Waals surface area (Å²) in [5.41, 5.74) is 1.73. The number of piperidine rings is 1. The Bertz CT molecular complexity index is 955. The van der Waals surface area contributed by atoms with Crippen LogP contribution in [0.5, 0.6) is 0 Å². The van der Waals surface area contributed by atoms with Gasteiger partial charge in [-0.1, -0.05) is 36.7 Å². The number of aromatic nitrogens is 5. The van der Waals surface area contributed by atoms with Gasteiger partial charge in [0.25, 0.3) is 0 Å². The summed E-state index contributed by atoms with van der Waals surface area (Å²) in [5.74, 6) is 1.59. The van der Waals surface area contributed by atoms with Gasteiger partial charge in [-0.2, -0.15) is 0 Å².